The lowest BCUT2D eigenvalue weighted by molar-refractivity contribution is -0.140. The molecular formula is C28H35F6N3O3S. The van der Waals surface area contributed by atoms with Crippen LogP contribution in [0.25, 0.3) is 0 Å². The van der Waals surface area contributed by atoms with Gasteiger partial charge in [-0.2, -0.15) is 26.3 Å². The van der Waals surface area contributed by atoms with Gasteiger partial charge in [0.2, 0.25) is 6.29 Å². The minimum Gasteiger partial charge on any atom is -0.347 e. The Morgan fingerprint density at radius 3 is 2.34 bits per heavy atom. The van der Waals surface area contributed by atoms with Gasteiger partial charge in [-0.1, -0.05) is 33.1 Å². The SMILES string of the molecule is CCCCC1COC(c2csc(C3CCN(C(=O)Nc4cc(C(F)(F)F)ccc4C(F)(F)F)CC3)n2)OCC1CC. The van der Waals surface area contributed by atoms with Crippen LogP contribution in [0.4, 0.5) is 36.8 Å². The van der Waals surface area contributed by atoms with Crippen molar-refractivity contribution in [2.45, 2.75) is 76.9 Å². The number of amides is 2. The highest BCUT2D eigenvalue weighted by Gasteiger charge is 2.38. The van der Waals surface area contributed by atoms with Crippen molar-refractivity contribution in [3.8, 4) is 0 Å². The largest absolute Gasteiger partial charge is 0.418 e. The number of anilines is 1. The van der Waals surface area contributed by atoms with Crippen molar-refractivity contribution in [1.82, 2.24) is 9.88 Å². The molecule has 2 aromatic rings. The number of nitrogens with zero attached hydrogens (tertiary/aromatic N) is 2. The van der Waals surface area contributed by atoms with Gasteiger partial charge in [0, 0.05) is 24.4 Å². The summed E-state index contributed by atoms with van der Waals surface area (Å²) in [5.74, 6) is 0.911. The zero-order chi connectivity index (χ0) is 29.8. The Balaban J connectivity index is 1.36. The van der Waals surface area contributed by atoms with Gasteiger partial charge in [0.05, 0.1) is 35.0 Å². The van der Waals surface area contributed by atoms with Gasteiger partial charge in [-0.3, -0.25) is 0 Å². The molecule has 2 amide bonds. The highest BCUT2D eigenvalue weighted by atomic mass is 32.1. The van der Waals surface area contributed by atoms with Crippen LogP contribution < -0.4 is 5.32 Å². The molecule has 2 aliphatic rings. The van der Waals surface area contributed by atoms with E-state index in [1.165, 1.54) is 16.2 Å². The molecule has 1 aromatic carbocycles. The number of unbranched alkanes of at least 4 members (excludes halogenated alkanes) is 1. The zero-order valence-electron chi connectivity index (χ0n) is 23.0. The van der Waals surface area contributed by atoms with Gasteiger partial charge >= 0.3 is 18.4 Å². The number of likely N-dealkylation sites (tertiary alicyclic amines) is 1. The van der Waals surface area contributed by atoms with E-state index in [1.54, 1.807) is 0 Å². The number of piperidine rings is 1. The highest BCUT2D eigenvalue weighted by Crippen LogP contribution is 2.40. The number of carbonyl (C=O) groups is 1. The summed E-state index contributed by atoms with van der Waals surface area (Å²) in [5, 5.41) is 4.83. The van der Waals surface area contributed by atoms with Gasteiger partial charge < -0.3 is 19.7 Å². The summed E-state index contributed by atoms with van der Waals surface area (Å²) in [4.78, 5) is 18.8. The fourth-order valence-corrected chi connectivity index (χ4v) is 6.33. The van der Waals surface area contributed by atoms with E-state index in [9.17, 15) is 31.1 Å². The quantitative estimate of drug-likeness (QED) is 0.321. The molecule has 3 unspecified atom stereocenters. The van der Waals surface area contributed by atoms with Crippen LogP contribution >= 0.6 is 11.3 Å². The van der Waals surface area contributed by atoms with Crippen molar-refractivity contribution in [3.63, 3.8) is 0 Å². The molecule has 2 saturated heterocycles. The number of halogens is 6. The van der Waals surface area contributed by atoms with E-state index in [0.29, 0.717) is 61.8 Å². The van der Waals surface area contributed by atoms with E-state index in [0.717, 1.165) is 30.7 Å². The third-order valence-corrected chi connectivity index (χ3v) is 8.87. The van der Waals surface area contributed by atoms with E-state index in [4.69, 9.17) is 14.5 Å². The number of nitrogens with one attached hydrogen (secondary N) is 1. The predicted octanol–water partition coefficient (Wildman–Crippen LogP) is 8.47. The number of hydrogen-bond acceptors (Lipinski definition) is 5. The van der Waals surface area contributed by atoms with Gasteiger partial charge in [-0.25, -0.2) is 9.78 Å². The summed E-state index contributed by atoms with van der Waals surface area (Å²) in [6, 6.07) is 0.123. The van der Waals surface area contributed by atoms with E-state index >= 15 is 0 Å². The summed E-state index contributed by atoms with van der Waals surface area (Å²) >= 11 is 1.48. The van der Waals surface area contributed by atoms with Crippen LogP contribution in [0.3, 0.4) is 0 Å². The van der Waals surface area contributed by atoms with E-state index in [2.05, 4.69) is 19.2 Å². The molecule has 0 spiro atoms. The molecule has 1 N–H and O–H groups in total. The number of carbonyl (C=O) groups excluding carboxylic acids is 1. The Bertz CT molecular complexity index is 1160. The predicted molar refractivity (Wildman–Crippen MR) is 143 cm³/mol. The molecule has 0 radical (unpaired) electrons. The topological polar surface area (TPSA) is 63.7 Å². The summed E-state index contributed by atoms with van der Waals surface area (Å²) < 4.78 is 91.7. The molecule has 41 heavy (non-hydrogen) atoms. The van der Waals surface area contributed by atoms with Crippen LogP contribution in [0.2, 0.25) is 0 Å². The molecule has 3 atom stereocenters. The average Bonchev–Trinajstić information content (AvgIpc) is 3.32. The number of hydrogen-bond donors (Lipinski definition) is 1. The lowest BCUT2D eigenvalue weighted by atomic mass is 9.87. The second-order valence-electron chi connectivity index (χ2n) is 10.6. The van der Waals surface area contributed by atoms with Crippen molar-refractivity contribution in [2.75, 3.05) is 31.6 Å². The first-order chi connectivity index (χ1) is 19.4. The van der Waals surface area contributed by atoms with Gasteiger partial charge in [0.15, 0.2) is 0 Å². The standard InChI is InChI=1S/C28H35F6N3O3S/c1-3-5-6-19-15-40-25(39-14-17(19)4-2)23-16-41-24(35-23)18-9-11-37(12-10-18)26(38)36-22-13-20(27(29,30)31)7-8-21(22)28(32,33)34/h7-8,13,16-19,25H,3-6,9-12,14-15H2,1-2H3,(H,36,38). The van der Waals surface area contributed by atoms with Crippen LogP contribution in [-0.2, 0) is 21.8 Å². The van der Waals surface area contributed by atoms with E-state index in [1.807, 2.05) is 5.38 Å². The van der Waals surface area contributed by atoms with Crippen LogP contribution in [0.15, 0.2) is 23.6 Å². The minimum atomic E-state index is -4.93. The molecule has 1 aromatic heterocycles. The lowest BCUT2D eigenvalue weighted by Crippen LogP contribution is -2.40. The zero-order valence-corrected chi connectivity index (χ0v) is 23.8. The molecular weight excluding hydrogens is 572 g/mol. The first-order valence-corrected chi connectivity index (χ1v) is 14.8. The molecule has 2 fully saturated rings. The number of benzene rings is 1. The van der Waals surface area contributed by atoms with Gasteiger partial charge in [-0.05, 0) is 49.3 Å². The third kappa shape index (κ3) is 7.92. The first-order valence-electron chi connectivity index (χ1n) is 13.9. The van der Waals surface area contributed by atoms with Crippen molar-refractivity contribution >= 4 is 23.1 Å². The van der Waals surface area contributed by atoms with Crippen LogP contribution in [0.5, 0.6) is 0 Å². The first kappa shape index (κ1) is 31.6. The van der Waals surface area contributed by atoms with Gasteiger partial charge in [-0.15, -0.1) is 11.3 Å². The maximum absolute atomic E-state index is 13.4. The second kappa shape index (κ2) is 13.3. The Morgan fingerprint density at radius 2 is 1.73 bits per heavy atom. The molecule has 13 heteroatoms. The smallest absolute Gasteiger partial charge is 0.347 e. The third-order valence-electron chi connectivity index (χ3n) is 7.85. The van der Waals surface area contributed by atoms with Crippen LogP contribution in [0, 0.1) is 11.8 Å². The molecule has 4 rings (SSSR count). The molecule has 228 valence electrons. The molecule has 0 saturated carbocycles. The van der Waals surface area contributed by atoms with E-state index < -0.39 is 41.5 Å². The second-order valence-corrected chi connectivity index (χ2v) is 11.5. The Labute approximate surface area is 239 Å². The lowest BCUT2D eigenvalue weighted by Gasteiger charge is -2.31. The fourth-order valence-electron chi connectivity index (χ4n) is 5.34. The summed E-state index contributed by atoms with van der Waals surface area (Å²) in [5.41, 5.74) is -2.83. The van der Waals surface area contributed by atoms with E-state index in [-0.39, 0.29) is 19.0 Å². The number of alkyl halides is 6. The van der Waals surface area contributed by atoms with Gasteiger partial charge in [0.1, 0.15) is 5.69 Å². The Kier molecular flexibility index (Phi) is 10.2. The number of ether oxygens (including phenoxy) is 2. The van der Waals surface area contributed by atoms with Crippen molar-refractivity contribution in [2.24, 2.45) is 11.8 Å². The van der Waals surface area contributed by atoms with Gasteiger partial charge in [0.25, 0.3) is 0 Å². The maximum Gasteiger partial charge on any atom is 0.418 e. The molecule has 0 aliphatic carbocycles. The summed E-state index contributed by atoms with van der Waals surface area (Å²) in [6.07, 6.45) is -4.90. The average molecular weight is 608 g/mol. The number of thiazole rings is 1. The molecule has 6 nitrogen and oxygen atoms in total. The maximum atomic E-state index is 13.4. The normalized spacial score (nSPS) is 22.9. The Hall–Kier alpha value is -2.38. The van der Waals surface area contributed by atoms with Crippen LogP contribution in [0.1, 0.15) is 86.4 Å². The monoisotopic (exact) mass is 607 g/mol. The molecule has 2 aliphatic heterocycles. The summed E-state index contributed by atoms with van der Waals surface area (Å²) in [6.45, 7) is 6.00. The molecule has 0 bridgehead atoms. The number of urea groups is 1. The van der Waals surface area contributed by atoms with Crippen molar-refractivity contribution in [3.05, 3.63) is 45.4 Å². The van der Waals surface area contributed by atoms with Crippen molar-refractivity contribution < 1.29 is 40.6 Å². The summed E-state index contributed by atoms with van der Waals surface area (Å²) in [7, 11) is 0. The number of aromatic nitrogens is 1. The molecule has 3 heterocycles. The minimum absolute atomic E-state index is 0.0311. The highest BCUT2D eigenvalue weighted by molar-refractivity contribution is 7.09. The fraction of sp³-hybridized carbons (Fsp3) is 0.643. The number of rotatable bonds is 7. The van der Waals surface area contributed by atoms with Crippen molar-refractivity contribution in [1.29, 1.82) is 0 Å². The Morgan fingerprint density at radius 1 is 1.05 bits per heavy atom. The van der Waals surface area contributed by atoms with Crippen LogP contribution in [-0.4, -0.2) is 42.2 Å².